The summed E-state index contributed by atoms with van der Waals surface area (Å²) < 4.78 is 10.9. The second-order valence-corrected chi connectivity index (χ2v) is 4.40. The molecule has 1 fully saturated rings. The molecule has 70 valence electrons. The normalized spacial score (nSPS) is 31.6. The number of rotatable bonds is 1. The van der Waals surface area contributed by atoms with Gasteiger partial charge in [-0.2, -0.15) is 0 Å². The first kappa shape index (κ1) is 9.47. The largest absolute Gasteiger partial charge is 0.368 e. The zero-order valence-corrected chi connectivity index (χ0v) is 7.51. The standard InChI is InChI=1S/C6H13N3O2S/c7-6(9-10)8-5-1-3-12(11)4-2-5/h5,10H,1-4H2,(H3,7,8,9). The fourth-order valence-corrected chi connectivity index (χ4v) is 2.41. The van der Waals surface area contributed by atoms with Crippen molar-refractivity contribution in [1.29, 1.82) is 0 Å². The van der Waals surface area contributed by atoms with Crippen LogP contribution in [-0.4, -0.2) is 32.9 Å². The first-order valence-electron chi connectivity index (χ1n) is 3.80. The second kappa shape index (κ2) is 4.42. The van der Waals surface area contributed by atoms with Crippen LogP contribution < -0.4 is 11.2 Å². The average Bonchev–Trinajstić information content (AvgIpc) is 2.09. The predicted molar refractivity (Wildman–Crippen MR) is 47.4 cm³/mol. The van der Waals surface area contributed by atoms with E-state index in [2.05, 4.69) is 4.99 Å². The molecule has 0 aromatic carbocycles. The minimum Gasteiger partial charge on any atom is -0.368 e. The first-order valence-corrected chi connectivity index (χ1v) is 5.29. The molecule has 1 aliphatic rings. The van der Waals surface area contributed by atoms with Crippen LogP contribution in [0.5, 0.6) is 0 Å². The van der Waals surface area contributed by atoms with E-state index in [1.165, 1.54) is 0 Å². The summed E-state index contributed by atoms with van der Waals surface area (Å²) in [6.07, 6.45) is 1.57. The molecule has 1 rings (SSSR count). The fourth-order valence-electron chi connectivity index (χ4n) is 1.14. The van der Waals surface area contributed by atoms with Crippen molar-refractivity contribution in [1.82, 2.24) is 5.48 Å². The van der Waals surface area contributed by atoms with Gasteiger partial charge in [0, 0.05) is 22.3 Å². The summed E-state index contributed by atoms with van der Waals surface area (Å²) in [5.41, 5.74) is 7.03. The van der Waals surface area contributed by atoms with E-state index in [0.29, 0.717) is 11.5 Å². The SMILES string of the molecule is NC(=NC1CCS(=O)CC1)NO. The van der Waals surface area contributed by atoms with E-state index in [9.17, 15) is 4.21 Å². The molecule has 0 radical (unpaired) electrons. The Bertz CT molecular complexity index is 197. The van der Waals surface area contributed by atoms with Gasteiger partial charge in [0.1, 0.15) is 0 Å². The van der Waals surface area contributed by atoms with Crippen LogP contribution in [0.15, 0.2) is 4.99 Å². The summed E-state index contributed by atoms with van der Waals surface area (Å²) in [6.45, 7) is 0. The first-order chi connectivity index (χ1) is 5.72. The lowest BCUT2D eigenvalue weighted by atomic mass is 10.2. The van der Waals surface area contributed by atoms with Crippen LogP contribution in [0.1, 0.15) is 12.8 Å². The van der Waals surface area contributed by atoms with Crippen molar-refractivity contribution < 1.29 is 9.42 Å². The molecule has 0 aromatic heterocycles. The van der Waals surface area contributed by atoms with Crippen molar-refractivity contribution in [2.45, 2.75) is 18.9 Å². The van der Waals surface area contributed by atoms with Gasteiger partial charge in [-0.25, -0.2) is 10.5 Å². The molecule has 1 aliphatic heterocycles. The number of hydrogen-bond donors (Lipinski definition) is 3. The number of nitrogens with two attached hydrogens (primary N) is 1. The van der Waals surface area contributed by atoms with Gasteiger partial charge in [-0.15, -0.1) is 0 Å². The van der Waals surface area contributed by atoms with E-state index < -0.39 is 10.8 Å². The molecule has 1 heterocycles. The van der Waals surface area contributed by atoms with Crippen LogP contribution in [0.4, 0.5) is 0 Å². The highest BCUT2D eigenvalue weighted by Gasteiger charge is 2.16. The van der Waals surface area contributed by atoms with E-state index >= 15 is 0 Å². The lowest BCUT2D eigenvalue weighted by Crippen LogP contribution is -2.32. The number of hydrogen-bond acceptors (Lipinski definition) is 3. The third-order valence-corrected chi connectivity index (χ3v) is 3.18. The Labute approximate surface area is 73.5 Å². The van der Waals surface area contributed by atoms with Gasteiger partial charge < -0.3 is 5.73 Å². The molecule has 0 aliphatic carbocycles. The number of nitrogens with one attached hydrogen (secondary N) is 1. The van der Waals surface area contributed by atoms with Crippen LogP contribution in [0.2, 0.25) is 0 Å². The molecule has 0 bridgehead atoms. The Morgan fingerprint density at radius 2 is 2.17 bits per heavy atom. The molecule has 0 spiro atoms. The lowest BCUT2D eigenvalue weighted by Gasteiger charge is -2.17. The van der Waals surface area contributed by atoms with Crippen molar-refractivity contribution in [3.8, 4) is 0 Å². The third-order valence-electron chi connectivity index (χ3n) is 1.79. The Morgan fingerprint density at radius 3 is 2.67 bits per heavy atom. The van der Waals surface area contributed by atoms with Crippen molar-refractivity contribution in [2.24, 2.45) is 10.7 Å². The third kappa shape index (κ3) is 2.78. The zero-order chi connectivity index (χ0) is 8.97. The van der Waals surface area contributed by atoms with E-state index in [1.807, 2.05) is 0 Å². The summed E-state index contributed by atoms with van der Waals surface area (Å²) in [5, 5.41) is 8.35. The molecule has 1 saturated heterocycles. The molecule has 12 heavy (non-hydrogen) atoms. The Kier molecular flexibility index (Phi) is 3.48. The van der Waals surface area contributed by atoms with E-state index in [-0.39, 0.29) is 12.0 Å². The highest BCUT2D eigenvalue weighted by atomic mass is 32.2. The molecule has 0 aromatic rings. The number of nitrogens with zero attached hydrogens (tertiary/aromatic N) is 1. The highest BCUT2D eigenvalue weighted by Crippen LogP contribution is 2.12. The summed E-state index contributed by atoms with van der Waals surface area (Å²) in [5.74, 6) is 1.41. The van der Waals surface area contributed by atoms with Gasteiger partial charge in [-0.1, -0.05) is 0 Å². The second-order valence-electron chi connectivity index (χ2n) is 2.71. The van der Waals surface area contributed by atoms with Crippen LogP contribution in [0, 0.1) is 0 Å². The lowest BCUT2D eigenvalue weighted by molar-refractivity contribution is 0.232. The van der Waals surface area contributed by atoms with Crippen molar-refractivity contribution in [3.63, 3.8) is 0 Å². The average molecular weight is 191 g/mol. The summed E-state index contributed by atoms with van der Waals surface area (Å²) in [7, 11) is -0.671. The minimum atomic E-state index is -0.671. The van der Waals surface area contributed by atoms with E-state index in [4.69, 9.17) is 10.9 Å². The van der Waals surface area contributed by atoms with Crippen LogP contribution in [0.25, 0.3) is 0 Å². The smallest absolute Gasteiger partial charge is 0.213 e. The summed E-state index contributed by atoms with van der Waals surface area (Å²) >= 11 is 0. The van der Waals surface area contributed by atoms with Gasteiger partial charge in [0.05, 0.1) is 6.04 Å². The molecule has 0 atom stereocenters. The van der Waals surface area contributed by atoms with E-state index in [1.54, 1.807) is 5.48 Å². The van der Waals surface area contributed by atoms with E-state index in [0.717, 1.165) is 12.8 Å². The van der Waals surface area contributed by atoms with Crippen LogP contribution in [0.3, 0.4) is 0 Å². The predicted octanol–water partition coefficient (Wildman–Crippen LogP) is -0.809. The maximum atomic E-state index is 10.9. The van der Waals surface area contributed by atoms with Crippen LogP contribution >= 0.6 is 0 Å². The van der Waals surface area contributed by atoms with Crippen molar-refractivity contribution in [3.05, 3.63) is 0 Å². The van der Waals surface area contributed by atoms with Gasteiger partial charge in [0.2, 0.25) is 5.96 Å². The molecule has 4 N–H and O–H groups in total. The van der Waals surface area contributed by atoms with Crippen molar-refractivity contribution >= 4 is 16.8 Å². The maximum Gasteiger partial charge on any atom is 0.213 e. The molecule has 6 heteroatoms. The number of hydroxylamine groups is 1. The molecular formula is C6H13N3O2S. The summed E-state index contributed by atoms with van der Waals surface area (Å²) in [4.78, 5) is 3.99. The van der Waals surface area contributed by atoms with Gasteiger partial charge in [0.25, 0.3) is 0 Å². The minimum absolute atomic E-state index is 0.0349. The molecule has 0 amide bonds. The Morgan fingerprint density at radius 1 is 1.58 bits per heavy atom. The highest BCUT2D eigenvalue weighted by molar-refractivity contribution is 7.85. The molecule has 0 unspecified atom stereocenters. The fraction of sp³-hybridized carbons (Fsp3) is 0.833. The monoisotopic (exact) mass is 191 g/mol. The molecule has 0 saturated carbocycles. The van der Waals surface area contributed by atoms with Gasteiger partial charge >= 0.3 is 0 Å². The maximum absolute atomic E-state index is 10.9. The summed E-state index contributed by atoms with van der Waals surface area (Å²) in [6, 6.07) is 0.113. The van der Waals surface area contributed by atoms with Crippen LogP contribution in [-0.2, 0) is 10.8 Å². The molecule has 5 nitrogen and oxygen atoms in total. The quantitative estimate of drug-likeness (QED) is 0.287. The van der Waals surface area contributed by atoms with Gasteiger partial charge in [-0.05, 0) is 12.8 Å². The zero-order valence-electron chi connectivity index (χ0n) is 6.69. The van der Waals surface area contributed by atoms with Gasteiger partial charge in [0.15, 0.2) is 0 Å². The Balaban J connectivity index is 2.40. The number of aliphatic imine (C=N–C) groups is 1. The molecular weight excluding hydrogens is 178 g/mol. The Hall–Kier alpha value is -0.620. The number of guanidine groups is 1. The van der Waals surface area contributed by atoms with Gasteiger partial charge in [-0.3, -0.25) is 9.42 Å². The topological polar surface area (TPSA) is 87.7 Å². The van der Waals surface area contributed by atoms with Crippen molar-refractivity contribution in [2.75, 3.05) is 11.5 Å².